The second kappa shape index (κ2) is 5.00. The fraction of sp³-hybridized carbons (Fsp3) is 0.700. The van der Waals surface area contributed by atoms with Gasteiger partial charge >= 0.3 is 0 Å². The van der Waals surface area contributed by atoms with E-state index >= 15 is 0 Å². The van der Waals surface area contributed by atoms with Gasteiger partial charge < -0.3 is 10.7 Å². The van der Waals surface area contributed by atoms with Crippen molar-refractivity contribution in [1.82, 2.24) is 15.8 Å². The molecule has 0 saturated heterocycles. The van der Waals surface area contributed by atoms with Crippen LogP contribution in [-0.2, 0) is 0 Å². The summed E-state index contributed by atoms with van der Waals surface area (Å²) in [7, 11) is 3.81. The van der Waals surface area contributed by atoms with Crippen LogP contribution in [0.3, 0.4) is 0 Å². The highest BCUT2D eigenvalue weighted by atomic mass is 15.6. The second-order valence-electron chi connectivity index (χ2n) is 3.89. The molecule has 0 amide bonds. The lowest BCUT2D eigenvalue weighted by molar-refractivity contribution is 0.117. The molecule has 4 nitrogen and oxygen atoms in total. The first-order valence-corrected chi connectivity index (χ1v) is 4.70. The normalized spacial score (nSPS) is 12.9. The van der Waals surface area contributed by atoms with Crippen LogP contribution in [0.25, 0.3) is 0 Å². The molecule has 14 heavy (non-hydrogen) atoms. The third-order valence-corrected chi connectivity index (χ3v) is 1.98. The van der Waals surface area contributed by atoms with Gasteiger partial charge in [-0.05, 0) is 27.7 Å². The smallest absolute Gasteiger partial charge is 0.125 e. The third-order valence-electron chi connectivity index (χ3n) is 1.98. The number of aliphatic imine (C=N–C) groups is 1. The number of hydrogen-bond donors (Lipinski definition) is 2. The molecule has 0 radical (unpaired) electrons. The standard InChI is InChI=1S/C10H22N4/c1-8(2)13-14(7)10(4,5)12-9(3)11-6/h13H,1H2,2-7H3,(H,11,12). The van der Waals surface area contributed by atoms with E-state index < -0.39 is 0 Å². The molecule has 0 atom stereocenters. The summed E-state index contributed by atoms with van der Waals surface area (Å²) in [5, 5.41) is 4.93. The molecule has 0 spiro atoms. The molecule has 4 heteroatoms. The number of allylic oxidation sites excluding steroid dienone is 1. The van der Waals surface area contributed by atoms with Gasteiger partial charge in [0.05, 0.1) is 5.84 Å². The van der Waals surface area contributed by atoms with Crippen molar-refractivity contribution < 1.29 is 0 Å². The molecule has 0 aliphatic heterocycles. The molecule has 0 aromatic carbocycles. The van der Waals surface area contributed by atoms with Gasteiger partial charge in [-0.1, -0.05) is 6.58 Å². The Bertz CT molecular complexity index is 230. The van der Waals surface area contributed by atoms with Gasteiger partial charge in [-0.2, -0.15) is 0 Å². The van der Waals surface area contributed by atoms with E-state index in [0.717, 1.165) is 11.5 Å². The van der Waals surface area contributed by atoms with E-state index in [-0.39, 0.29) is 5.66 Å². The van der Waals surface area contributed by atoms with Crippen LogP contribution in [-0.4, -0.2) is 30.6 Å². The van der Waals surface area contributed by atoms with E-state index in [0.29, 0.717) is 0 Å². The summed E-state index contributed by atoms with van der Waals surface area (Å²) in [6, 6.07) is 0. The van der Waals surface area contributed by atoms with E-state index in [9.17, 15) is 0 Å². The molecule has 0 fully saturated rings. The molecule has 2 N–H and O–H groups in total. The predicted molar refractivity (Wildman–Crippen MR) is 62.0 cm³/mol. The van der Waals surface area contributed by atoms with Crippen LogP contribution in [0.15, 0.2) is 17.3 Å². The van der Waals surface area contributed by atoms with Crippen molar-refractivity contribution in [3.8, 4) is 0 Å². The second-order valence-corrected chi connectivity index (χ2v) is 3.89. The molecule has 0 saturated carbocycles. The van der Waals surface area contributed by atoms with E-state index in [4.69, 9.17) is 0 Å². The van der Waals surface area contributed by atoms with Crippen molar-refractivity contribution in [2.75, 3.05) is 14.1 Å². The summed E-state index contributed by atoms with van der Waals surface area (Å²) >= 11 is 0. The number of amidine groups is 1. The van der Waals surface area contributed by atoms with E-state index in [1.54, 1.807) is 0 Å². The molecular formula is C10H22N4. The highest BCUT2D eigenvalue weighted by Crippen LogP contribution is 2.12. The summed E-state index contributed by atoms with van der Waals surface area (Å²) in [4.78, 5) is 4.51. The first-order chi connectivity index (χ1) is 6.29. The van der Waals surface area contributed by atoms with Crippen molar-refractivity contribution in [3.05, 3.63) is 12.3 Å². The molecule has 0 aromatic heterocycles. The summed E-state index contributed by atoms with van der Waals surface area (Å²) in [6.45, 7) is 11.7. The Hall–Kier alpha value is -1.03. The monoisotopic (exact) mass is 198 g/mol. The maximum absolute atomic E-state index is 4.51. The fourth-order valence-corrected chi connectivity index (χ4v) is 0.964. The molecule has 0 rings (SSSR count). The summed E-state index contributed by atoms with van der Waals surface area (Å²) in [5.74, 6) is 0.908. The van der Waals surface area contributed by atoms with Gasteiger partial charge in [-0.3, -0.25) is 0 Å². The Balaban J connectivity index is 4.52. The molecule has 0 heterocycles. The van der Waals surface area contributed by atoms with Crippen molar-refractivity contribution in [2.24, 2.45) is 4.99 Å². The minimum atomic E-state index is -0.300. The maximum Gasteiger partial charge on any atom is 0.125 e. The van der Waals surface area contributed by atoms with Crippen LogP contribution in [0, 0.1) is 0 Å². The number of nitrogens with one attached hydrogen (secondary N) is 2. The maximum atomic E-state index is 4.51. The van der Waals surface area contributed by atoms with Crippen LogP contribution >= 0.6 is 0 Å². The molecule has 0 bridgehead atoms. The zero-order chi connectivity index (χ0) is 11.4. The van der Waals surface area contributed by atoms with Crippen molar-refractivity contribution >= 4 is 5.84 Å². The van der Waals surface area contributed by atoms with E-state index in [1.165, 1.54) is 0 Å². The lowest BCUT2D eigenvalue weighted by atomic mass is 10.2. The first-order valence-electron chi connectivity index (χ1n) is 4.70. The number of rotatable bonds is 4. The topological polar surface area (TPSA) is 39.7 Å². The molecule has 0 aliphatic rings. The number of hydrazine groups is 1. The minimum absolute atomic E-state index is 0.300. The highest BCUT2D eigenvalue weighted by molar-refractivity contribution is 5.79. The van der Waals surface area contributed by atoms with Crippen molar-refractivity contribution in [2.45, 2.75) is 33.4 Å². The van der Waals surface area contributed by atoms with Crippen LogP contribution in [0.4, 0.5) is 0 Å². The van der Waals surface area contributed by atoms with E-state index in [1.807, 2.05) is 46.8 Å². The van der Waals surface area contributed by atoms with Crippen LogP contribution in [0.1, 0.15) is 27.7 Å². The van der Waals surface area contributed by atoms with Crippen LogP contribution in [0.2, 0.25) is 0 Å². The molecule has 0 aliphatic carbocycles. The van der Waals surface area contributed by atoms with Gasteiger partial charge in [-0.25, -0.2) is 10.0 Å². The molecule has 0 unspecified atom stereocenters. The zero-order valence-electron chi connectivity index (χ0n) is 10.1. The van der Waals surface area contributed by atoms with Gasteiger partial charge in [-0.15, -0.1) is 0 Å². The quantitative estimate of drug-likeness (QED) is 0.407. The Labute approximate surface area is 87.1 Å². The highest BCUT2D eigenvalue weighted by Gasteiger charge is 2.22. The summed E-state index contributed by atoms with van der Waals surface area (Å²) in [6.07, 6.45) is 0. The van der Waals surface area contributed by atoms with Crippen LogP contribution < -0.4 is 10.7 Å². The van der Waals surface area contributed by atoms with Crippen molar-refractivity contribution in [3.63, 3.8) is 0 Å². The van der Waals surface area contributed by atoms with Gasteiger partial charge in [0.25, 0.3) is 0 Å². The summed E-state index contributed by atoms with van der Waals surface area (Å²) in [5.41, 5.74) is 3.72. The lowest BCUT2D eigenvalue weighted by Crippen LogP contribution is -2.48. The average Bonchev–Trinajstić information content (AvgIpc) is 2.02. The minimum Gasteiger partial charge on any atom is -0.377 e. The number of hydrogen-bond acceptors (Lipinski definition) is 3. The van der Waals surface area contributed by atoms with Gasteiger partial charge in [0, 0.05) is 19.8 Å². The molecule has 0 aromatic rings. The van der Waals surface area contributed by atoms with E-state index in [2.05, 4.69) is 22.3 Å². The number of nitrogens with zero attached hydrogens (tertiary/aromatic N) is 2. The zero-order valence-corrected chi connectivity index (χ0v) is 10.1. The first kappa shape index (κ1) is 13.0. The predicted octanol–water partition coefficient (Wildman–Crippen LogP) is 1.33. The van der Waals surface area contributed by atoms with Gasteiger partial charge in [0.2, 0.25) is 0 Å². The van der Waals surface area contributed by atoms with Gasteiger partial charge in [0.15, 0.2) is 0 Å². The lowest BCUT2D eigenvalue weighted by Gasteiger charge is -2.33. The Morgan fingerprint density at radius 2 is 1.86 bits per heavy atom. The van der Waals surface area contributed by atoms with Gasteiger partial charge in [0.1, 0.15) is 5.66 Å². The Kier molecular flexibility index (Phi) is 4.63. The summed E-state index contributed by atoms with van der Waals surface area (Å²) < 4.78 is 0. The van der Waals surface area contributed by atoms with Crippen molar-refractivity contribution in [1.29, 1.82) is 0 Å². The Morgan fingerprint density at radius 3 is 2.21 bits per heavy atom. The average molecular weight is 198 g/mol. The third kappa shape index (κ3) is 4.28. The van der Waals surface area contributed by atoms with Crippen LogP contribution in [0.5, 0.6) is 0 Å². The SMILES string of the molecule is C=C(C)NN(C)C(C)(C)/N=C(\C)NC. The Morgan fingerprint density at radius 1 is 1.36 bits per heavy atom. The molecular weight excluding hydrogens is 176 g/mol. The molecule has 82 valence electrons. The fourth-order valence-electron chi connectivity index (χ4n) is 0.964. The largest absolute Gasteiger partial charge is 0.377 e.